The number of nitrogens with zero attached hydrogens (tertiary/aromatic N) is 1. The van der Waals surface area contributed by atoms with Crippen molar-refractivity contribution < 1.29 is 14.3 Å². The van der Waals surface area contributed by atoms with Gasteiger partial charge in [0.1, 0.15) is 0 Å². The second-order valence-corrected chi connectivity index (χ2v) is 6.68. The summed E-state index contributed by atoms with van der Waals surface area (Å²) in [4.78, 5) is 25.6. The summed E-state index contributed by atoms with van der Waals surface area (Å²) in [6, 6.07) is 7.19. The summed E-state index contributed by atoms with van der Waals surface area (Å²) < 4.78 is 5.71. The van der Waals surface area contributed by atoms with Crippen LogP contribution in [0.2, 0.25) is 0 Å². The molecule has 2 amide bonds. The van der Waals surface area contributed by atoms with E-state index in [9.17, 15) is 9.59 Å². The van der Waals surface area contributed by atoms with Crippen LogP contribution in [-0.4, -0.2) is 48.6 Å². The summed E-state index contributed by atoms with van der Waals surface area (Å²) in [5.74, 6) is -0.132. The monoisotopic (exact) mass is 331 g/mol. The number of piperidine rings is 1. The Hall–Kier alpha value is -1.92. The summed E-state index contributed by atoms with van der Waals surface area (Å²) in [6.45, 7) is 5.15. The van der Waals surface area contributed by atoms with Gasteiger partial charge in [-0.05, 0) is 37.5 Å². The predicted molar refractivity (Wildman–Crippen MR) is 93.0 cm³/mol. The highest BCUT2D eigenvalue weighted by atomic mass is 16.5. The first kappa shape index (κ1) is 16.9. The number of anilines is 2. The lowest BCUT2D eigenvalue weighted by atomic mass is 9.84. The maximum absolute atomic E-state index is 12.1. The number of amides is 2. The molecule has 2 N–H and O–H groups in total. The Bertz CT molecular complexity index is 603. The van der Waals surface area contributed by atoms with Crippen LogP contribution in [-0.2, 0) is 14.3 Å². The Morgan fingerprint density at radius 1 is 1.17 bits per heavy atom. The molecule has 0 radical (unpaired) electrons. The third-order valence-corrected chi connectivity index (χ3v) is 4.86. The molecule has 0 aliphatic carbocycles. The minimum atomic E-state index is -0.128. The zero-order valence-corrected chi connectivity index (χ0v) is 14.1. The fourth-order valence-electron chi connectivity index (χ4n) is 3.33. The van der Waals surface area contributed by atoms with Gasteiger partial charge in [-0.15, -0.1) is 0 Å². The quantitative estimate of drug-likeness (QED) is 0.868. The normalized spacial score (nSPS) is 19.5. The first-order chi connectivity index (χ1) is 11.5. The van der Waals surface area contributed by atoms with E-state index < -0.39 is 0 Å². The van der Waals surface area contributed by atoms with Crippen LogP contribution in [0.3, 0.4) is 0 Å². The second-order valence-electron chi connectivity index (χ2n) is 6.68. The number of rotatable bonds is 5. The Labute approximate surface area is 142 Å². The molecule has 6 nitrogen and oxygen atoms in total. The van der Waals surface area contributed by atoms with Crippen molar-refractivity contribution in [1.29, 1.82) is 0 Å². The minimum Gasteiger partial charge on any atom is -0.375 e. The second kappa shape index (κ2) is 7.32. The van der Waals surface area contributed by atoms with Gasteiger partial charge in [-0.1, -0.05) is 6.07 Å². The van der Waals surface area contributed by atoms with Crippen molar-refractivity contribution in [2.75, 3.05) is 36.9 Å². The van der Waals surface area contributed by atoms with Crippen molar-refractivity contribution in [3.05, 3.63) is 24.3 Å². The van der Waals surface area contributed by atoms with Crippen LogP contribution in [0.1, 0.15) is 32.6 Å². The van der Waals surface area contributed by atoms with Gasteiger partial charge in [-0.2, -0.15) is 0 Å². The molecule has 0 bridgehead atoms. The molecule has 2 saturated heterocycles. The molecular formula is C18H25N3O3. The van der Waals surface area contributed by atoms with E-state index in [4.69, 9.17) is 4.74 Å². The van der Waals surface area contributed by atoms with Crippen LogP contribution in [0, 0.1) is 0 Å². The van der Waals surface area contributed by atoms with Gasteiger partial charge in [0.2, 0.25) is 11.8 Å². The lowest BCUT2D eigenvalue weighted by Gasteiger charge is -2.47. The fourth-order valence-corrected chi connectivity index (χ4v) is 3.33. The van der Waals surface area contributed by atoms with Crippen LogP contribution in [0.5, 0.6) is 0 Å². The van der Waals surface area contributed by atoms with E-state index in [1.54, 1.807) is 12.1 Å². The molecule has 130 valence electrons. The van der Waals surface area contributed by atoms with Crippen LogP contribution < -0.4 is 10.6 Å². The Morgan fingerprint density at radius 3 is 2.42 bits per heavy atom. The van der Waals surface area contributed by atoms with Gasteiger partial charge in [0.15, 0.2) is 0 Å². The zero-order chi connectivity index (χ0) is 17.0. The first-order valence-electron chi connectivity index (χ1n) is 8.59. The maximum atomic E-state index is 12.1. The summed E-state index contributed by atoms with van der Waals surface area (Å²) in [6.07, 6.45) is 3.81. The number of hydrogen-bond acceptors (Lipinski definition) is 4. The van der Waals surface area contributed by atoms with Gasteiger partial charge in [0.05, 0.1) is 12.2 Å². The van der Waals surface area contributed by atoms with Gasteiger partial charge in [0.25, 0.3) is 0 Å². The Morgan fingerprint density at radius 2 is 1.83 bits per heavy atom. The molecule has 0 atom stereocenters. The van der Waals surface area contributed by atoms with E-state index in [1.807, 2.05) is 12.1 Å². The number of likely N-dealkylation sites (tertiary alicyclic amines) is 1. The third kappa shape index (κ3) is 4.33. The molecule has 1 aromatic rings. The van der Waals surface area contributed by atoms with Crippen molar-refractivity contribution in [3.8, 4) is 0 Å². The Kier molecular flexibility index (Phi) is 5.16. The molecule has 24 heavy (non-hydrogen) atoms. The summed E-state index contributed by atoms with van der Waals surface area (Å²) in [5, 5.41) is 5.60. The fraction of sp³-hybridized carbons (Fsp3) is 0.556. The minimum absolute atomic E-state index is 0.00449. The van der Waals surface area contributed by atoms with E-state index >= 15 is 0 Å². The summed E-state index contributed by atoms with van der Waals surface area (Å²) in [7, 11) is 0. The highest BCUT2D eigenvalue weighted by Gasteiger charge is 2.40. The van der Waals surface area contributed by atoms with Crippen LogP contribution in [0.25, 0.3) is 0 Å². The largest absolute Gasteiger partial charge is 0.375 e. The van der Waals surface area contributed by atoms with E-state index in [-0.39, 0.29) is 17.4 Å². The summed E-state index contributed by atoms with van der Waals surface area (Å²) >= 11 is 0. The molecule has 0 unspecified atom stereocenters. The zero-order valence-electron chi connectivity index (χ0n) is 14.1. The number of ether oxygens (including phenoxy) is 1. The van der Waals surface area contributed by atoms with Gasteiger partial charge >= 0.3 is 0 Å². The molecule has 2 aliphatic rings. The van der Waals surface area contributed by atoms with Crippen molar-refractivity contribution in [2.24, 2.45) is 0 Å². The highest BCUT2D eigenvalue weighted by Crippen LogP contribution is 2.36. The van der Waals surface area contributed by atoms with Crippen molar-refractivity contribution in [1.82, 2.24) is 4.90 Å². The van der Waals surface area contributed by atoms with Gasteiger partial charge in [-0.25, -0.2) is 0 Å². The van der Waals surface area contributed by atoms with Crippen LogP contribution >= 0.6 is 0 Å². The molecule has 6 heteroatoms. The standard InChI is InChI=1S/C18H25N3O3/c1-14(22)19-15-3-2-4-16(13-15)20-17(23)5-9-21-10-6-18(7-11-21)8-12-24-18/h2-4,13H,5-12H2,1H3,(H,19,22)(H,20,23). The summed E-state index contributed by atoms with van der Waals surface area (Å²) in [5.41, 5.74) is 1.54. The number of hydrogen-bond donors (Lipinski definition) is 2. The molecule has 1 aromatic carbocycles. The number of benzene rings is 1. The van der Waals surface area contributed by atoms with E-state index in [2.05, 4.69) is 15.5 Å². The average molecular weight is 331 g/mol. The van der Waals surface area contributed by atoms with Gasteiger partial charge in [0, 0.05) is 44.4 Å². The molecule has 2 aliphatic heterocycles. The molecule has 1 spiro atoms. The van der Waals surface area contributed by atoms with Gasteiger partial charge < -0.3 is 20.3 Å². The smallest absolute Gasteiger partial charge is 0.225 e. The average Bonchev–Trinajstić information content (AvgIpc) is 2.52. The van der Waals surface area contributed by atoms with E-state index in [0.29, 0.717) is 17.8 Å². The van der Waals surface area contributed by atoms with Crippen molar-refractivity contribution in [3.63, 3.8) is 0 Å². The Balaban J connectivity index is 1.42. The molecule has 0 aromatic heterocycles. The molecule has 3 rings (SSSR count). The van der Waals surface area contributed by atoms with Crippen LogP contribution in [0.4, 0.5) is 11.4 Å². The lowest BCUT2D eigenvalue weighted by molar-refractivity contribution is -0.172. The number of nitrogens with one attached hydrogen (secondary N) is 2. The molecule has 0 saturated carbocycles. The number of carbonyl (C=O) groups is 2. The van der Waals surface area contributed by atoms with Gasteiger partial charge in [-0.3, -0.25) is 9.59 Å². The highest BCUT2D eigenvalue weighted by molar-refractivity contribution is 5.93. The maximum Gasteiger partial charge on any atom is 0.225 e. The number of carbonyl (C=O) groups excluding carboxylic acids is 2. The lowest BCUT2D eigenvalue weighted by Crippen LogP contribution is -2.52. The third-order valence-electron chi connectivity index (χ3n) is 4.86. The SMILES string of the molecule is CC(=O)Nc1cccc(NC(=O)CCN2CCC3(CCO3)CC2)c1. The van der Waals surface area contributed by atoms with Crippen LogP contribution in [0.15, 0.2) is 24.3 Å². The van der Waals surface area contributed by atoms with Crippen molar-refractivity contribution in [2.45, 2.75) is 38.2 Å². The van der Waals surface area contributed by atoms with Crippen molar-refractivity contribution >= 4 is 23.2 Å². The van der Waals surface area contributed by atoms with E-state index in [0.717, 1.165) is 39.1 Å². The topological polar surface area (TPSA) is 70.7 Å². The molecule has 2 fully saturated rings. The molecular weight excluding hydrogens is 306 g/mol. The van der Waals surface area contributed by atoms with E-state index in [1.165, 1.54) is 13.3 Å². The predicted octanol–water partition coefficient (Wildman–Crippen LogP) is 2.23. The first-order valence-corrected chi connectivity index (χ1v) is 8.59. The molecule has 2 heterocycles.